The number of anilines is 1. The Labute approximate surface area is 163 Å². The first kappa shape index (κ1) is 20.7. The van der Waals surface area contributed by atoms with Crippen molar-refractivity contribution in [2.24, 2.45) is 13.0 Å². The van der Waals surface area contributed by atoms with Gasteiger partial charge in [0.2, 0.25) is 5.91 Å². The number of non-ortho nitro benzene ring substituents is 1. The van der Waals surface area contributed by atoms with Crippen LogP contribution in [0.5, 0.6) is 0 Å². The highest BCUT2D eigenvalue weighted by Crippen LogP contribution is 2.27. The van der Waals surface area contributed by atoms with Gasteiger partial charge < -0.3 is 16.0 Å². The fourth-order valence-corrected chi connectivity index (χ4v) is 3.16. The van der Waals surface area contributed by atoms with E-state index >= 15 is 0 Å². The number of rotatable bonds is 7. The van der Waals surface area contributed by atoms with Crippen LogP contribution in [0.3, 0.4) is 0 Å². The fraction of sp³-hybridized carbons (Fsp3) is 0.412. The largest absolute Gasteiger partial charge is 0.383 e. The van der Waals surface area contributed by atoms with Gasteiger partial charge in [0.05, 0.1) is 17.0 Å². The van der Waals surface area contributed by atoms with Crippen molar-refractivity contribution in [1.29, 1.82) is 0 Å². The molecule has 2 aromatic rings. The van der Waals surface area contributed by atoms with Gasteiger partial charge in [0, 0.05) is 63.2 Å². The van der Waals surface area contributed by atoms with Gasteiger partial charge >= 0.3 is 0 Å². The molecule has 27 heavy (non-hydrogen) atoms. The van der Waals surface area contributed by atoms with Crippen molar-refractivity contribution >= 4 is 29.7 Å². The number of nitrogens with one attached hydrogen (secondary N) is 3. The van der Waals surface area contributed by atoms with Gasteiger partial charge in [-0.1, -0.05) is 0 Å². The van der Waals surface area contributed by atoms with E-state index in [1.54, 1.807) is 16.8 Å². The maximum Gasteiger partial charge on any atom is 0.269 e. The number of carbonyl (C=O) groups is 1. The summed E-state index contributed by atoms with van der Waals surface area (Å²) in [5.41, 5.74) is 1.90. The summed E-state index contributed by atoms with van der Waals surface area (Å²) in [4.78, 5) is 22.7. The molecule has 3 rings (SSSR count). The second-order valence-electron chi connectivity index (χ2n) is 6.34. The number of aryl methyl sites for hydroxylation is 1. The summed E-state index contributed by atoms with van der Waals surface area (Å²) in [6.07, 6.45) is 3.77. The second-order valence-corrected chi connectivity index (χ2v) is 6.34. The van der Waals surface area contributed by atoms with Crippen LogP contribution in [0.2, 0.25) is 0 Å². The molecule has 146 valence electrons. The molecule has 0 aliphatic carbocycles. The van der Waals surface area contributed by atoms with Gasteiger partial charge in [-0.15, -0.1) is 12.4 Å². The van der Waals surface area contributed by atoms with E-state index in [-0.39, 0.29) is 35.8 Å². The van der Waals surface area contributed by atoms with E-state index in [4.69, 9.17) is 0 Å². The molecule has 1 saturated heterocycles. The molecule has 10 heteroatoms. The van der Waals surface area contributed by atoms with Crippen LogP contribution in [-0.2, 0) is 11.8 Å². The molecule has 0 bridgehead atoms. The average molecular weight is 395 g/mol. The molecular formula is C17H23ClN6O3. The molecule has 2 heterocycles. The van der Waals surface area contributed by atoms with Crippen LogP contribution in [0.1, 0.15) is 11.5 Å². The van der Waals surface area contributed by atoms with E-state index in [1.807, 2.05) is 19.4 Å². The molecular weight excluding hydrogens is 372 g/mol. The summed E-state index contributed by atoms with van der Waals surface area (Å²) in [6, 6.07) is 6.20. The predicted octanol–water partition coefficient (Wildman–Crippen LogP) is 1.28. The van der Waals surface area contributed by atoms with Gasteiger partial charge in [-0.25, -0.2) is 0 Å². The number of nitrogens with zero attached hydrogens (tertiary/aromatic N) is 3. The lowest BCUT2D eigenvalue weighted by atomic mass is 9.90. The van der Waals surface area contributed by atoms with Crippen molar-refractivity contribution in [3.8, 4) is 0 Å². The third kappa shape index (κ3) is 5.18. The molecule has 0 spiro atoms. The van der Waals surface area contributed by atoms with Crippen molar-refractivity contribution < 1.29 is 9.72 Å². The van der Waals surface area contributed by atoms with E-state index in [0.29, 0.717) is 19.6 Å². The Hall–Kier alpha value is -2.65. The zero-order valence-corrected chi connectivity index (χ0v) is 15.7. The molecule has 2 atom stereocenters. The van der Waals surface area contributed by atoms with Crippen molar-refractivity contribution in [1.82, 2.24) is 20.4 Å². The lowest BCUT2D eigenvalue weighted by Crippen LogP contribution is -2.36. The van der Waals surface area contributed by atoms with E-state index in [0.717, 1.165) is 17.8 Å². The number of nitro groups is 1. The van der Waals surface area contributed by atoms with Crippen molar-refractivity contribution in [3.05, 3.63) is 52.3 Å². The normalized spacial score (nSPS) is 18.6. The maximum atomic E-state index is 12.5. The number of aromatic nitrogens is 2. The Bertz CT molecular complexity index is 779. The molecule has 0 unspecified atom stereocenters. The molecule has 1 amide bonds. The Morgan fingerprint density at radius 1 is 1.33 bits per heavy atom. The lowest BCUT2D eigenvalue weighted by Gasteiger charge is -2.17. The fourth-order valence-electron chi connectivity index (χ4n) is 3.16. The van der Waals surface area contributed by atoms with E-state index in [1.165, 1.54) is 12.1 Å². The zero-order valence-electron chi connectivity index (χ0n) is 14.9. The first-order valence-electron chi connectivity index (χ1n) is 8.50. The predicted molar refractivity (Wildman–Crippen MR) is 104 cm³/mol. The van der Waals surface area contributed by atoms with Crippen molar-refractivity contribution in [3.63, 3.8) is 0 Å². The molecule has 1 aliphatic rings. The van der Waals surface area contributed by atoms with Crippen molar-refractivity contribution in [2.75, 3.05) is 31.5 Å². The molecule has 0 saturated carbocycles. The van der Waals surface area contributed by atoms with Gasteiger partial charge in [0.1, 0.15) is 0 Å². The second kappa shape index (κ2) is 9.33. The van der Waals surface area contributed by atoms with Crippen LogP contribution in [0.25, 0.3) is 0 Å². The summed E-state index contributed by atoms with van der Waals surface area (Å²) in [7, 11) is 1.87. The number of hydrogen-bond donors (Lipinski definition) is 3. The number of halogens is 1. The smallest absolute Gasteiger partial charge is 0.269 e. The van der Waals surface area contributed by atoms with E-state index < -0.39 is 4.92 Å². The molecule has 3 N–H and O–H groups in total. The minimum Gasteiger partial charge on any atom is -0.383 e. The van der Waals surface area contributed by atoms with Crippen LogP contribution in [0.15, 0.2) is 36.7 Å². The average Bonchev–Trinajstić information content (AvgIpc) is 3.27. The van der Waals surface area contributed by atoms with Gasteiger partial charge in [-0.2, -0.15) is 5.10 Å². The maximum absolute atomic E-state index is 12.5. The zero-order chi connectivity index (χ0) is 18.5. The highest BCUT2D eigenvalue weighted by atomic mass is 35.5. The van der Waals surface area contributed by atoms with Crippen LogP contribution < -0.4 is 16.0 Å². The summed E-state index contributed by atoms with van der Waals surface area (Å²) < 4.78 is 1.75. The Morgan fingerprint density at radius 2 is 2.07 bits per heavy atom. The quantitative estimate of drug-likeness (QED) is 0.370. The molecule has 1 aliphatic heterocycles. The van der Waals surface area contributed by atoms with Crippen LogP contribution >= 0.6 is 12.4 Å². The number of hydrogen-bond acceptors (Lipinski definition) is 6. The van der Waals surface area contributed by atoms with E-state index in [2.05, 4.69) is 21.0 Å². The number of carbonyl (C=O) groups excluding carboxylic acids is 1. The van der Waals surface area contributed by atoms with Gasteiger partial charge in [0.15, 0.2) is 0 Å². The summed E-state index contributed by atoms with van der Waals surface area (Å²) in [6.45, 7) is 2.44. The number of nitro benzene ring substituents is 1. The SMILES string of the molecule is Cl.Cn1cc([C@H]2CNC[C@@H]2C(=O)NCCNc2ccc([N+](=O)[O-])cc2)cn1. The number of amides is 1. The monoisotopic (exact) mass is 394 g/mol. The minimum atomic E-state index is -0.432. The summed E-state index contributed by atoms with van der Waals surface area (Å²) >= 11 is 0. The lowest BCUT2D eigenvalue weighted by molar-refractivity contribution is -0.384. The number of benzene rings is 1. The van der Waals surface area contributed by atoms with Crippen LogP contribution in [-0.4, -0.2) is 46.8 Å². The minimum absolute atomic E-state index is 0. The third-order valence-corrected chi connectivity index (χ3v) is 4.54. The first-order chi connectivity index (χ1) is 12.5. The molecule has 0 radical (unpaired) electrons. The molecule has 1 aromatic heterocycles. The summed E-state index contributed by atoms with van der Waals surface area (Å²) in [5, 5.41) is 24.2. The Morgan fingerprint density at radius 3 is 2.70 bits per heavy atom. The van der Waals surface area contributed by atoms with Crippen molar-refractivity contribution in [2.45, 2.75) is 5.92 Å². The third-order valence-electron chi connectivity index (χ3n) is 4.54. The molecule has 9 nitrogen and oxygen atoms in total. The van der Waals surface area contributed by atoms with E-state index in [9.17, 15) is 14.9 Å². The van der Waals surface area contributed by atoms with Gasteiger partial charge in [0.25, 0.3) is 5.69 Å². The highest BCUT2D eigenvalue weighted by Gasteiger charge is 2.34. The Balaban J connectivity index is 0.00000261. The topological polar surface area (TPSA) is 114 Å². The van der Waals surface area contributed by atoms with Crippen LogP contribution in [0, 0.1) is 16.0 Å². The summed E-state index contributed by atoms with van der Waals surface area (Å²) in [5.74, 6) is 0.0410. The standard InChI is InChI=1S/C17H22N6O3.ClH/c1-22-11-12(8-21-22)15-9-18-10-16(15)17(24)20-7-6-19-13-2-4-14(5-3-13)23(25)26;/h2-5,8,11,15-16,18-19H,6-7,9-10H2,1H3,(H,20,24);1H/t15-,16+;/m1./s1. The first-order valence-corrected chi connectivity index (χ1v) is 8.50. The molecule has 1 aromatic carbocycles. The highest BCUT2D eigenvalue weighted by molar-refractivity contribution is 5.85. The van der Waals surface area contributed by atoms with Gasteiger partial charge in [-0.05, 0) is 17.7 Å². The van der Waals surface area contributed by atoms with Gasteiger partial charge in [-0.3, -0.25) is 19.6 Å². The Kier molecular flexibility index (Phi) is 7.14. The van der Waals surface area contributed by atoms with Crippen LogP contribution in [0.4, 0.5) is 11.4 Å². The molecule has 1 fully saturated rings.